The molecule has 31 heavy (non-hydrogen) atoms. The number of ketones is 1. The second-order valence-electron chi connectivity index (χ2n) is 6.99. The predicted octanol–water partition coefficient (Wildman–Crippen LogP) is 6.28. The van der Waals surface area contributed by atoms with Crippen LogP contribution in [0.3, 0.4) is 0 Å². The van der Waals surface area contributed by atoms with Crippen LogP contribution in [0.5, 0.6) is 11.5 Å². The average Bonchev–Trinajstić information content (AvgIpc) is 3.07. The fraction of sp³-hybridized carbons (Fsp3) is 0.125. The number of nitrogens with one attached hydrogen (secondary N) is 1. The molecular formula is C24H18F3NO3. The molecule has 7 heteroatoms. The lowest BCUT2D eigenvalue weighted by molar-refractivity contribution is -0.274. The summed E-state index contributed by atoms with van der Waals surface area (Å²) in [4.78, 5) is 16.4. The molecule has 0 saturated heterocycles. The maximum atomic E-state index is 13.4. The van der Waals surface area contributed by atoms with Gasteiger partial charge in [0.1, 0.15) is 11.5 Å². The maximum absolute atomic E-state index is 13.4. The van der Waals surface area contributed by atoms with Gasteiger partial charge in [0.15, 0.2) is 5.78 Å². The zero-order chi connectivity index (χ0) is 22.2. The molecule has 0 aliphatic rings. The largest absolute Gasteiger partial charge is 0.573 e. The van der Waals surface area contributed by atoms with Crippen LogP contribution < -0.4 is 9.47 Å². The first-order valence-electron chi connectivity index (χ1n) is 9.43. The number of hydrogen-bond donors (Lipinski definition) is 1. The van der Waals surface area contributed by atoms with Crippen molar-refractivity contribution in [3.8, 4) is 22.6 Å². The van der Waals surface area contributed by atoms with Crippen LogP contribution in [-0.2, 0) is 0 Å². The van der Waals surface area contributed by atoms with Crippen molar-refractivity contribution in [3.63, 3.8) is 0 Å². The third kappa shape index (κ3) is 4.12. The van der Waals surface area contributed by atoms with Crippen molar-refractivity contribution in [1.82, 2.24) is 4.98 Å². The molecule has 4 rings (SSSR count). The second-order valence-corrected chi connectivity index (χ2v) is 6.99. The molecule has 1 heterocycles. The van der Waals surface area contributed by atoms with Crippen molar-refractivity contribution in [1.29, 1.82) is 0 Å². The Bertz CT molecular complexity index is 1240. The van der Waals surface area contributed by atoms with Crippen LogP contribution in [0.2, 0.25) is 0 Å². The zero-order valence-electron chi connectivity index (χ0n) is 16.7. The number of carbonyl (C=O) groups excluding carboxylic acids is 1. The molecule has 0 atom stereocenters. The van der Waals surface area contributed by atoms with Gasteiger partial charge in [-0.2, -0.15) is 0 Å². The molecule has 1 aromatic heterocycles. The van der Waals surface area contributed by atoms with Crippen LogP contribution in [0.4, 0.5) is 13.2 Å². The smallest absolute Gasteiger partial charge is 0.497 e. The van der Waals surface area contributed by atoms with Gasteiger partial charge >= 0.3 is 6.36 Å². The molecule has 0 radical (unpaired) electrons. The second kappa shape index (κ2) is 7.83. The Morgan fingerprint density at radius 3 is 2.23 bits per heavy atom. The summed E-state index contributed by atoms with van der Waals surface area (Å²) in [5.74, 6) is 0.0164. The van der Waals surface area contributed by atoms with Crippen molar-refractivity contribution < 1.29 is 27.4 Å². The highest BCUT2D eigenvalue weighted by molar-refractivity contribution is 6.20. The summed E-state index contributed by atoms with van der Waals surface area (Å²) >= 11 is 0. The lowest BCUT2D eigenvalue weighted by Crippen LogP contribution is -2.17. The van der Waals surface area contributed by atoms with E-state index in [0.29, 0.717) is 44.6 Å². The molecule has 0 fully saturated rings. The number of halogens is 3. The Hall–Kier alpha value is -3.74. The minimum atomic E-state index is -4.83. The Morgan fingerprint density at radius 1 is 0.935 bits per heavy atom. The van der Waals surface area contributed by atoms with Crippen LogP contribution in [0.1, 0.15) is 21.6 Å². The van der Waals surface area contributed by atoms with Crippen molar-refractivity contribution in [2.75, 3.05) is 7.11 Å². The maximum Gasteiger partial charge on any atom is 0.573 e. The number of rotatable bonds is 5. The Balaban J connectivity index is 1.94. The first-order chi connectivity index (χ1) is 14.8. The van der Waals surface area contributed by atoms with Gasteiger partial charge in [-0.1, -0.05) is 30.3 Å². The molecule has 0 aliphatic heterocycles. The highest BCUT2D eigenvalue weighted by Gasteiger charge is 2.32. The van der Waals surface area contributed by atoms with Gasteiger partial charge in [-0.05, 0) is 48.4 Å². The monoisotopic (exact) mass is 425 g/mol. The fourth-order valence-electron chi connectivity index (χ4n) is 3.64. The Kier molecular flexibility index (Phi) is 5.19. The van der Waals surface area contributed by atoms with Crippen molar-refractivity contribution in [2.24, 2.45) is 0 Å². The van der Waals surface area contributed by atoms with Gasteiger partial charge < -0.3 is 14.5 Å². The zero-order valence-corrected chi connectivity index (χ0v) is 16.7. The van der Waals surface area contributed by atoms with Crippen LogP contribution >= 0.6 is 0 Å². The number of alkyl halides is 3. The molecule has 3 aromatic carbocycles. The number of aromatic amines is 1. The molecule has 4 aromatic rings. The van der Waals surface area contributed by atoms with Gasteiger partial charge in [-0.15, -0.1) is 13.2 Å². The summed E-state index contributed by atoms with van der Waals surface area (Å²) < 4.78 is 47.9. The highest BCUT2D eigenvalue weighted by Crippen LogP contribution is 2.38. The van der Waals surface area contributed by atoms with E-state index in [0.717, 1.165) is 0 Å². The molecule has 0 unspecified atom stereocenters. The van der Waals surface area contributed by atoms with Crippen molar-refractivity contribution >= 4 is 16.7 Å². The Labute approximate surface area is 176 Å². The van der Waals surface area contributed by atoms with E-state index in [1.54, 1.807) is 55.5 Å². The van der Waals surface area contributed by atoms with Gasteiger partial charge in [0.25, 0.3) is 0 Å². The van der Waals surface area contributed by atoms with E-state index in [2.05, 4.69) is 9.72 Å². The number of carbonyl (C=O) groups is 1. The first-order valence-corrected chi connectivity index (χ1v) is 9.43. The summed E-state index contributed by atoms with van der Waals surface area (Å²) in [6.45, 7) is 1.72. The molecule has 4 nitrogen and oxygen atoms in total. The SMILES string of the molecule is COc1ccc(C(=O)c2c(C)[nH]c3cc(OC(F)(F)F)cc(-c4ccccc4)c23)cc1. The molecule has 0 amide bonds. The number of ether oxygens (including phenoxy) is 2. The van der Waals surface area contributed by atoms with Gasteiger partial charge in [-0.25, -0.2) is 0 Å². The molecule has 0 saturated carbocycles. The van der Waals surface area contributed by atoms with E-state index in [-0.39, 0.29) is 11.5 Å². The van der Waals surface area contributed by atoms with Crippen LogP contribution in [0.25, 0.3) is 22.0 Å². The normalized spacial score (nSPS) is 11.5. The van der Waals surface area contributed by atoms with Crippen molar-refractivity contribution in [2.45, 2.75) is 13.3 Å². The van der Waals surface area contributed by atoms with Crippen molar-refractivity contribution in [3.05, 3.63) is 83.6 Å². The lowest BCUT2D eigenvalue weighted by atomic mass is 9.94. The molecule has 0 spiro atoms. The summed E-state index contributed by atoms with van der Waals surface area (Å²) in [6.07, 6.45) is -4.83. The molecule has 1 N–H and O–H groups in total. The third-order valence-corrected chi connectivity index (χ3v) is 4.96. The molecular weight excluding hydrogens is 407 g/mol. The standard InChI is InChI=1S/C24H18F3NO3/c1-14-21(23(29)16-8-10-17(30-2)11-9-16)22-19(15-6-4-3-5-7-15)12-18(13-20(22)28-14)31-24(25,26)27/h3-13,28H,1-2H3. The molecule has 0 aliphatic carbocycles. The van der Waals surface area contributed by atoms with E-state index >= 15 is 0 Å². The van der Waals surface area contributed by atoms with Gasteiger partial charge in [-0.3, -0.25) is 4.79 Å². The predicted molar refractivity (Wildman–Crippen MR) is 112 cm³/mol. The Morgan fingerprint density at radius 2 is 1.61 bits per heavy atom. The van der Waals surface area contributed by atoms with Gasteiger partial charge in [0, 0.05) is 22.7 Å². The van der Waals surface area contributed by atoms with Gasteiger partial charge in [0.2, 0.25) is 0 Å². The number of aryl methyl sites for hydroxylation is 1. The topological polar surface area (TPSA) is 51.3 Å². The van der Waals surface area contributed by atoms with Crippen LogP contribution in [-0.4, -0.2) is 24.2 Å². The quantitative estimate of drug-likeness (QED) is 0.383. The third-order valence-electron chi connectivity index (χ3n) is 4.96. The van der Waals surface area contributed by atoms with Gasteiger partial charge in [0.05, 0.1) is 18.2 Å². The van der Waals surface area contributed by atoms with E-state index in [9.17, 15) is 18.0 Å². The van der Waals surface area contributed by atoms with Crippen LogP contribution in [0, 0.1) is 6.92 Å². The number of benzene rings is 3. The summed E-state index contributed by atoms with van der Waals surface area (Å²) in [7, 11) is 1.54. The number of aromatic nitrogens is 1. The first kappa shape index (κ1) is 20.5. The lowest BCUT2D eigenvalue weighted by Gasteiger charge is -2.13. The van der Waals surface area contributed by atoms with E-state index in [1.165, 1.54) is 19.2 Å². The molecule has 0 bridgehead atoms. The highest BCUT2D eigenvalue weighted by atomic mass is 19.4. The number of H-pyrrole nitrogens is 1. The van der Waals surface area contributed by atoms with E-state index in [4.69, 9.17) is 4.74 Å². The summed E-state index contributed by atoms with van der Waals surface area (Å²) in [5, 5.41) is 0.541. The minimum absolute atomic E-state index is 0.243. The van der Waals surface area contributed by atoms with E-state index in [1.807, 2.05) is 6.07 Å². The number of methoxy groups -OCH3 is 1. The fourth-order valence-corrected chi connectivity index (χ4v) is 3.64. The van der Waals surface area contributed by atoms with E-state index < -0.39 is 6.36 Å². The number of fused-ring (bicyclic) bond motifs is 1. The number of hydrogen-bond acceptors (Lipinski definition) is 3. The summed E-state index contributed by atoms with van der Waals surface area (Å²) in [6, 6.07) is 18.2. The van der Waals surface area contributed by atoms with Crippen LogP contribution in [0.15, 0.2) is 66.7 Å². The minimum Gasteiger partial charge on any atom is -0.497 e. The summed E-state index contributed by atoms with van der Waals surface area (Å²) in [5.41, 5.74) is 2.92. The average molecular weight is 425 g/mol. The molecule has 158 valence electrons.